The largest absolute Gasteiger partial charge is 0.354 e. The highest BCUT2D eigenvalue weighted by atomic mass is 35.5. The lowest BCUT2D eigenvalue weighted by Crippen LogP contribution is -2.53. The van der Waals surface area contributed by atoms with E-state index in [-0.39, 0.29) is 44.5 Å². The zero-order chi connectivity index (χ0) is 33.4. The van der Waals surface area contributed by atoms with Crippen molar-refractivity contribution in [1.82, 2.24) is 10.2 Å². The summed E-state index contributed by atoms with van der Waals surface area (Å²) in [4.78, 5) is 29.5. The SMILES string of the molecule is CC(C)CNC(=O)C(Cc1ccccc1)N(Cc1c(Cl)cccc1Cl)C(=O)CN(c1ccc(F)c(Cl)c1)S(=O)(=O)c1ccccc1. The van der Waals surface area contributed by atoms with Gasteiger partial charge in [0, 0.05) is 35.1 Å². The van der Waals surface area contributed by atoms with E-state index in [1.165, 1.54) is 23.1 Å². The predicted octanol–water partition coefficient (Wildman–Crippen LogP) is 7.39. The molecule has 0 spiro atoms. The Morgan fingerprint density at radius 2 is 1.43 bits per heavy atom. The van der Waals surface area contributed by atoms with E-state index in [1.807, 2.05) is 44.2 Å². The summed E-state index contributed by atoms with van der Waals surface area (Å²) in [5.41, 5.74) is 1.12. The van der Waals surface area contributed by atoms with Crippen molar-refractivity contribution >= 4 is 62.3 Å². The number of amides is 2. The number of halogens is 4. The number of rotatable bonds is 13. The van der Waals surface area contributed by atoms with Gasteiger partial charge in [-0.05, 0) is 53.9 Å². The summed E-state index contributed by atoms with van der Waals surface area (Å²) < 4.78 is 43.1. The van der Waals surface area contributed by atoms with Gasteiger partial charge in [-0.1, -0.05) is 103 Å². The number of nitrogens with one attached hydrogen (secondary N) is 1. The minimum Gasteiger partial charge on any atom is -0.354 e. The van der Waals surface area contributed by atoms with Gasteiger partial charge in [0.15, 0.2) is 0 Å². The van der Waals surface area contributed by atoms with Crippen LogP contribution in [0.2, 0.25) is 15.1 Å². The molecule has 7 nitrogen and oxygen atoms in total. The number of benzene rings is 4. The van der Waals surface area contributed by atoms with Crippen LogP contribution in [0.5, 0.6) is 0 Å². The molecule has 0 saturated carbocycles. The molecule has 0 radical (unpaired) electrons. The van der Waals surface area contributed by atoms with Gasteiger partial charge < -0.3 is 10.2 Å². The molecule has 0 heterocycles. The molecule has 46 heavy (non-hydrogen) atoms. The Morgan fingerprint density at radius 1 is 0.826 bits per heavy atom. The van der Waals surface area contributed by atoms with E-state index in [0.717, 1.165) is 22.0 Å². The standard InChI is InChI=1S/C34H33Cl3FN3O4S/c1-23(2)20-39-34(43)32(18-24-10-5-3-6-11-24)40(21-27-28(35)14-9-15-29(27)36)33(42)22-41(25-16-17-31(38)30(37)19-25)46(44,45)26-12-7-4-8-13-26/h3-17,19,23,32H,18,20-22H2,1-2H3,(H,39,43). The first-order chi connectivity index (χ1) is 21.9. The van der Waals surface area contributed by atoms with E-state index in [1.54, 1.807) is 36.4 Å². The van der Waals surface area contributed by atoms with Crippen LogP contribution >= 0.6 is 34.8 Å². The topological polar surface area (TPSA) is 86.8 Å². The summed E-state index contributed by atoms with van der Waals surface area (Å²) in [6.07, 6.45) is 0.117. The van der Waals surface area contributed by atoms with Crippen LogP contribution in [0, 0.1) is 11.7 Å². The summed E-state index contributed by atoms with van der Waals surface area (Å²) in [5.74, 6) is -1.79. The molecule has 0 aliphatic carbocycles. The lowest BCUT2D eigenvalue weighted by Gasteiger charge is -2.34. The van der Waals surface area contributed by atoms with Crippen LogP contribution in [-0.2, 0) is 32.6 Å². The van der Waals surface area contributed by atoms with E-state index >= 15 is 0 Å². The van der Waals surface area contributed by atoms with Crippen LogP contribution in [-0.4, -0.2) is 44.3 Å². The van der Waals surface area contributed by atoms with Crippen molar-refractivity contribution in [2.75, 3.05) is 17.4 Å². The number of carbonyl (C=O) groups is 2. The quantitative estimate of drug-likeness (QED) is 0.157. The highest BCUT2D eigenvalue weighted by molar-refractivity contribution is 7.92. The number of nitrogens with zero attached hydrogens (tertiary/aromatic N) is 2. The molecule has 1 N–H and O–H groups in total. The van der Waals surface area contributed by atoms with E-state index in [9.17, 15) is 22.4 Å². The van der Waals surface area contributed by atoms with Crippen LogP contribution in [0.3, 0.4) is 0 Å². The van der Waals surface area contributed by atoms with Gasteiger partial charge in [0.05, 0.1) is 15.6 Å². The zero-order valence-electron chi connectivity index (χ0n) is 25.2. The summed E-state index contributed by atoms with van der Waals surface area (Å²) in [7, 11) is -4.38. The second-order valence-corrected chi connectivity index (χ2v) is 14.1. The maximum Gasteiger partial charge on any atom is 0.264 e. The van der Waals surface area contributed by atoms with E-state index in [0.29, 0.717) is 12.1 Å². The van der Waals surface area contributed by atoms with Gasteiger partial charge in [-0.15, -0.1) is 0 Å². The fourth-order valence-electron chi connectivity index (χ4n) is 4.72. The van der Waals surface area contributed by atoms with Crippen molar-refractivity contribution in [1.29, 1.82) is 0 Å². The lowest BCUT2D eigenvalue weighted by atomic mass is 10.0. The normalized spacial score (nSPS) is 12.1. The monoisotopic (exact) mass is 703 g/mol. The molecular weight excluding hydrogens is 672 g/mol. The van der Waals surface area contributed by atoms with Crippen molar-refractivity contribution in [3.63, 3.8) is 0 Å². The Morgan fingerprint density at radius 3 is 2.02 bits per heavy atom. The highest BCUT2D eigenvalue weighted by Gasteiger charge is 2.35. The van der Waals surface area contributed by atoms with Crippen molar-refractivity contribution in [3.8, 4) is 0 Å². The van der Waals surface area contributed by atoms with Gasteiger partial charge in [0.25, 0.3) is 10.0 Å². The number of hydrogen-bond donors (Lipinski definition) is 1. The first kappa shape index (κ1) is 35.2. The fraction of sp³-hybridized carbons (Fsp3) is 0.235. The van der Waals surface area contributed by atoms with Crippen LogP contribution < -0.4 is 9.62 Å². The molecule has 0 fully saturated rings. The molecular formula is C34H33Cl3FN3O4S. The van der Waals surface area contributed by atoms with Crippen molar-refractivity contribution in [2.45, 2.75) is 37.8 Å². The van der Waals surface area contributed by atoms with Crippen LogP contribution in [0.4, 0.5) is 10.1 Å². The number of hydrogen-bond acceptors (Lipinski definition) is 4. The van der Waals surface area contributed by atoms with Crippen molar-refractivity contribution in [2.24, 2.45) is 5.92 Å². The molecule has 2 amide bonds. The second-order valence-electron chi connectivity index (χ2n) is 11.0. The Balaban J connectivity index is 1.84. The van der Waals surface area contributed by atoms with Gasteiger partial charge in [0.1, 0.15) is 18.4 Å². The third kappa shape index (κ3) is 8.79. The van der Waals surface area contributed by atoms with E-state index < -0.39 is 40.2 Å². The maximum atomic E-state index is 14.5. The highest BCUT2D eigenvalue weighted by Crippen LogP contribution is 2.30. The molecule has 4 aromatic rings. The summed E-state index contributed by atoms with van der Waals surface area (Å²) in [6.45, 7) is 3.29. The third-order valence-corrected chi connectivity index (χ3v) is 9.93. The summed E-state index contributed by atoms with van der Waals surface area (Å²) >= 11 is 19.1. The molecule has 12 heteroatoms. The first-order valence-electron chi connectivity index (χ1n) is 14.4. The minimum atomic E-state index is -4.38. The maximum absolute atomic E-state index is 14.5. The molecule has 4 rings (SSSR count). The summed E-state index contributed by atoms with van der Waals surface area (Å²) in [5, 5.41) is 3.13. The molecule has 4 aromatic carbocycles. The van der Waals surface area contributed by atoms with Crippen molar-refractivity contribution < 1.29 is 22.4 Å². The smallest absolute Gasteiger partial charge is 0.264 e. The summed E-state index contributed by atoms with van der Waals surface area (Å²) in [6, 6.07) is 23.8. The number of sulfonamides is 1. The number of carbonyl (C=O) groups excluding carboxylic acids is 2. The fourth-order valence-corrected chi connectivity index (χ4v) is 6.84. The van der Waals surface area contributed by atoms with Gasteiger partial charge in [-0.2, -0.15) is 0 Å². The predicted molar refractivity (Wildman–Crippen MR) is 181 cm³/mol. The van der Waals surface area contributed by atoms with Crippen LogP contribution in [0.25, 0.3) is 0 Å². The molecule has 1 atom stereocenters. The Hall–Kier alpha value is -3.63. The Kier molecular flexibility index (Phi) is 12.1. The van der Waals surface area contributed by atoms with Crippen molar-refractivity contribution in [3.05, 3.63) is 129 Å². The lowest BCUT2D eigenvalue weighted by molar-refractivity contribution is -0.140. The van der Waals surface area contributed by atoms with E-state index in [2.05, 4.69) is 5.32 Å². The molecule has 0 aromatic heterocycles. The molecule has 0 bridgehead atoms. The van der Waals surface area contributed by atoms with Gasteiger partial charge in [-0.25, -0.2) is 12.8 Å². The van der Waals surface area contributed by atoms with E-state index in [4.69, 9.17) is 34.8 Å². The molecule has 0 saturated heterocycles. The zero-order valence-corrected chi connectivity index (χ0v) is 28.3. The van der Waals surface area contributed by atoms with Gasteiger partial charge in [0.2, 0.25) is 11.8 Å². The average Bonchev–Trinajstić information content (AvgIpc) is 3.03. The minimum absolute atomic E-state index is 0.0387. The van der Waals surface area contributed by atoms with Gasteiger partial charge >= 0.3 is 0 Å². The van der Waals surface area contributed by atoms with Crippen LogP contribution in [0.15, 0.2) is 102 Å². The van der Waals surface area contributed by atoms with Gasteiger partial charge in [-0.3, -0.25) is 13.9 Å². The first-order valence-corrected chi connectivity index (χ1v) is 17.0. The number of anilines is 1. The van der Waals surface area contributed by atoms with Crippen LogP contribution in [0.1, 0.15) is 25.0 Å². The molecule has 1 unspecified atom stereocenters. The molecule has 0 aliphatic heterocycles. The second kappa shape index (κ2) is 15.8. The Bertz CT molecular complexity index is 1760. The Labute approximate surface area is 283 Å². The average molecular weight is 705 g/mol. The molecule has 0 aliphatic rings. The third-order valence-electron chi connectivity index (χ3n) is 7.15. The molecule has 242 valence electrons.